The lowest BCUT2D eigenvalue weighted by Crippen LogP contribution is -2.37. The van der Waals surface area contributed by atoms with Crippen LogP contribution in [-0.2, 0) is 16.3 Å². The topological polar surface area (TPSA) is 99.1 Å². The molecule has 2 N–H and O–H groups in total. The van der Waals surface area contributed by atoms with Crippen molar-refractivity contribution in [3.8, 4) is 0 Å². The predicted molar refractivity (Wildman–Crippen MR) is 71.4 cm³/mol. The van der Waals surface area contributed by atoms with Gasteiger partial charge in [-0.2, -0.15) is 4.98 Å². The smallest absolute Gasteiger partial charge is 0.228 e. The lowest BCUT2D eigenvalue weighted by atomic mass is 9.85. The van der Waals surface area contributed by atoms with Crippen LogP contribution in [0, 0.1) is 5.41 Å². The minimum Gasteiger partial charge on any atom is -0.339 e. The Bertz CT molecular complexity index is 545. The zero-order chi connectivity index (χ0) is 14.3. The Kier molecular flexibility index (Phi) is 3.70. The van der Waals surface area contributed by atoms with Gasteiger partial charge < -0.3 is 10.3 Å². The van der Waals surface area contributed by atoms with Crippen LogP contribution < -0.4 is 5.73 Å². The second kappa shape index (κ2) is 4.86. The van der Waals surface area contributed by atoms with Gasteiger partial charge in [-0.3, -0.25) is 0 Å². The molecule has 0 bridgehead atoms. The van der Waals surface area contributed by atoms with Crippen molar-refractivity contribution >= 4 is 9.84 Å². The zero-order valence-electron chi connectivity index (χ0n) is 11.6. The standard InChI is InChI=1S/C12H21N3O3S/c1-12(2,3)9(13)6-10-14-11(15-18-10)8-4-5-19(16,17)7-8/h8-9H,4-7,13H2,1-3H3. The third-order valence-electron chi connectivity index (χ3n) is 3.59. The van der Waals surface area contributed by atoms with Crippen LogP contribution >= 0.6 is 0 Å². The summed E-state index contributed by atoms with van der Waals surface area (Å²) in [6, 6.07) is -0.0758. The number of hydrogen-bond acceptors (Lipinski definition) is 6. The highest BCUT2D eigenvalue weighted by Gasteiger charge is 2.32. The third-order valence-corrected chi connectivity index (χ3v) is 5.36. The average molecular weight is 287 g/mol. The van der Waals surface area contributed by atoms with Crippen molar-refractivity contribution in [3.63, 3.8) is 0 Å². The summed E-state index contributed by atoms with van der Waals surface area (Å²) in [6.07, 6.45) is 1.09. The third kappa shape index (κ3) is 3.54. The maximum absolute atomic E-state index is 11.4. The molecule has 0 amide bonds. The van der Waals surface area contributed by atoms with Crippen molar-refractivity contribution < 1.29 is 12.9 Å². The van der Waals surface area contributed by atoms with E-state index in [1.165, 1.54) is 0 Å². The monoisotopic (exact) mass is 287 g/mol. The first-order valence-electron chi connectivity index (χ1n) is 6.46. The summed E-state index contributed by atoms with van der Waals surface area (Å²) in [7, 11) is -2.93. The van der Waals surface area contributed by atoms with Crippen molar-refractivity contribution in [2.75, 3.05) is 11.5 Å². The summed E-state index contributed by atoms with van der Waals surface area (Å²) in [5.41, 5.74) is 6.03. The average Bonchev–Trinajstić information content (AvgIpc) is 2.83. The summed E-state index contributed by atoms with van der Waals surface area (Å²) in [6.45, 7) is 6.16. The van der Waals surface area contributed by atoms with E-state index in [4.69, 9.17) is 10.3 Å². The highest BCUT2D eigenvalue weighted by atomic mass is 32.2. The van der Waals surface area contributed by atoms with E-state index in [1.54, 1.807) is 0 Å². The van der Waals surface area contributed by atoms with Crippen molar-refractivity contribution in [2.45, 2.75) is 45.6 Å². The Hall–Kier alpha value is -0.950. The first-order valence-corrected chi connectivity index (χ1v) is 8.28. The van der Waals surface area contributed by atoms with Crippen LogP contribution in [0.4, 0.5) is 0 Å². The molecule has 0 spiro atoms. The molecule has 19 heavy (non-hydrogen) atoms. The van der Waals surface area contributed by atoms with Gasteiger partial charge in [0.15, 0.2) is 15.7 Å². The van der Waals surface area contributed by atoms with Gasteiger partial charge in [0.25, 0.3) is 0 Å². The van der Waals surface area contributed by atoms with Crippen molar-refractivity contribution in [2.24, 2.45) is 11.1 Å². The fraction of sp³-hybridized carbons (Fsp3) is 0.833. The first-order chi connectivity index (χ1) is 8.67. The summed E-state index contributed by atoms with van der Waals surface area (Å²) in [4.78, 5) is 4.29. The molecular formula is C12H21N3O3S. The van der Waals surface area contributed by atoms with Crippen LogP contribution in [0.25, 0.3) is 0 Å². The summed E-state index contributed by atoms with van der Waals surface area (Å²) in [5.74, 6) is 1.19. The predicted octanol–water partition coefficient (Wildman–Crippen LogP) is 0.888. The zero-order valence-corrected chi connectivity index (χ0v) is 12.4. The molecule has 0 aromatic carbocycles. The molecule has 1 aliphatic heterocycles. The van der Waals surface area contributed by atoms with Crippen LogP contribution in [-0.4, -0.2) is 36.1 Å². The molecule has 0 radical (unpaired) electrons. The second-order valence-electron chi connectivity index (χ2n) is 6.32. The molecule has 108 valence electrons. The Morgan fingerprint density at radius 1 is 1.47 bits per heavy atom. The number of aromatic nitrogens is 2. The maximum atomic E-state index is 11.4. The molecule has 2 atom stereocenters. The lowest BCUT2D eigenvalue weighted by Gasteiger charge is -2.25. The largest absolute Gasteiger partial charge is 0.339 e. The number of sulfone groups is 1. The SMILES string of the molecule is CC(C)(C)C(N)Cc1nc(C2CCS(=O)(=O)C2)no1. The molecular weight excluding hydrogens is 266 g/mol. The van der Waals surface area contributed by atoms with Crippen molar-refractivity contribution in [1.29, 1.82) is 0 Å². The van der Waals surface area contributed by atoms with Crippen LogP contribution in [0.5, 0.6) is 0 Å². The highest BCUT2D eigenvalue weighted by Crippen LogP contribution is 2.27. The Morgan fingerprint density at radius 3 is 2.68 bits per heavy atom. The molecule has 1 aromatic heterocycles. The van der Waals surface area contributed by atoms with E-state index in [-0.39, 0.29) is 28.9 Å². The van der Waals surface area contributed by atoms with Crippen LogP contribution in [0.2, 0.25) is 0 Å². The lowest BCUT2D eigenvalue weighted by molar-refractivity contribution is 0.285. The molecule has 6 nitrogen and oxygen atoms in total. The normalized spacial score (nSPS) is 24.5. The molecule has 0 saturated carbocycles. The van der Waals surface area contributed by atoms with Gasteiger partial charge in [-0.25, -0.2) is 8.42 Å². The molecule has 1 saturated heterocycles. The Morgan fingerprint density at radius 2 is 2.16 bits per heavy atom. The Balaban J connectivity index is 2.04. The number of nitrogens with two attached hydrogens (primary N) is 1. The quantitative estimate of drug-likeness (QED) is 0.886. The molecule has 7 heteroatoms. The van der Waals surface area contributed by atoms with Gasteiger partial charge in [0.2, 0.25) is 5.89 Å². The molecule has 0 aliphatic carbocycles. The molecule has 2 unspecified atom stereocenters. The summed E-state index contributed by atoms with van der Waals surface area (Å²) in [5, 5.41) is 3.89. The van der Waals surface area contributed by atoms with E-state index in [2.05, 4.69) is 30.9 Å². The minimum absolute atomic E-state index is 0.0364. The maximum Gasteiger partial charge on any atom is 0.228 e. The Labute approximate surface area is 113 Å². The molecule has 1 aromatic rings. The fourth-order valence-corrected chi connectivity index (χ4v) is 3.75. The van der Waals surface area contributed by atoms with E-state index in [9.17, 15) is 8.42 Å². The number of hydrogen-bond donors (Lipinski definition) is 1. The van der Waals surface area contributed by atoms with Crippen LogP contribution in [0.3, 0.4) is 0 Å². The van der Waals surface area contributed by atoms with E-state index >= 15 is 0 Å². The van der Waals surface area contributed by atoms with Gasteiger partial charge >= 0.3 is 0 Å². The molecule has 2 heterocycles. The molecule has 2 rings (SSSR count). The van der Waals surface area contributed by atoms with E-state index < -0.39 is 9.84 Å². The summed E-state index contributed by atoms with van der Waals surface area (Å²) < 4.78 is 28.0. The van der Waals surface area contributed by atoms with Gasteiger partial charge in [0, 0.05) is 18.4 Å². The molecule has 1 aliphatic rings. The van der Waals surface area contributed by atoms with Crippen molar-refractivity contribution in [1.82, 2.24) is 10.1 Å². The minimum atomic E-state index is -2.93. The van der Waals surface area contributed by atoms with Gasteiger partial charge in [-0.15, -0.1) is 0 Å². The van der Waals surface area contributed by atoms with E-state index in [0.717, 1.165) is 0 Å². The van der Waals surface area contributed by atoms with Gasteiger partial charge in [0.05, 0.1) is 11.5 Å². The van der Waals surface area contributed by atoms with E-state index in [0.29, 0.717) is 24.6 Å². The second-order valence-corrected chi connectivity index (χ2v) is 8.55. The van der Waals surface area contributed by atoms with Gasteiger partial charge in [0.1, 0.15) is 0 Å². The van der Waals surface area contributed by atoms with E-state index in [1.807, 2.05) is 0 Å². The van der Waals surface area contributed by atoms with Crippen LogP contribution in [0.15, 0.2) is 4.52 Å². The number of rotatable bonds is 3. The summed E-state index contributed by atoms with van der Waals surface area (Å²) >= 11 is 0. The van der Waals surface area contributed by atoms with Gasteiger partial charge in [-0.1, -0.05) is 25.9 Å². The molecule has 1 fully saturated rings. The van der Waals surface area contributed by atoms with Crippen molar-refractivity contribution in [3.05, 3.63) is 11.7 Å². The number of nitrogens with zero attached hydrogens (tertiary/aromatic N) is 2. The van der Waals surface area contributed by atoms with Crippen LogP contribution in [0.1, 0.15) is 44.8 Å². The van der Waals surface area contributed by atoms with Gasteiger partial charge in [-0.05, 0) is 11.8 Å². The first kappa shape index (κ1) is 14.5. The fourth-order valence-electron chi connectivity index (χ4n) is 2.01. The highest BCUT2D eigenvalue weighted by molar-refractivity contribution is 7.91.